The average Bonchev–Trinajstić information content (AvgIpc) is 3.47. The van der Waals surface area contributed by atoms with Gasteiger partial charge in [0.05, 0.1) is 28.2 Å². The molecule has 45 heavy (non-hydrogen) atoms. The summed E-state index contributed by atoms with van der Waals surface area (Å²) in [5, 5.41) is 55.8. The second kappa shape index (κ2) is 10.7. The fraction of sp³-hybridized carbons (Fsp3) is 0.438. The van der Waals surface area contributed by atoms with Crippen molar-refractivity contribution in [2.75, 3.05) is 13.1 Å². The Balaban J connectivity index is 0.000000311. The maximum Gasteiger partial charge on any atom is 0.335 e. The number of carbonyl (C=O) groups excluding carboxylic acids is 2. The first-order valence-electron chi connectivity index (χ1n) is 14.7. The van der Waals surface area contributed by atoms with Crippen molar-refractivity contribution < 1.29 is 54.6 Å². The number of aromatic hydroxyl groups is 1. The van der Waals surface area contributed by atoms with E-state index in [0.29, 0.717) is 49.1 Å². The van der Waals surface area contributed by atoms with Gasteiger partial charge in [-0.15, -0.1) is 6.58 Å². The molecule has 3 heterocycles. The molecule has 2 aromatic rings. The van der Waals surface area contributed by atoms with Crippen LogP contribution in [0.2, 0.25) is 0 Å². The monoisotopic (exact) mass is 622 g/mol. The van der Waals surface area contributed by atoms with Gasteiger partial charge in [0.1, 0.15) is 6.10 Å². The number of phenols is 1. The van der Waals surface area contributed by atoms with Crippen molar-refractivity contribution in [3.8, 4) is 11.5 Å². The van der Waals surface area contributed by atoms with Gasteiger partial charge in [0.2, 0.25) is 0 Å². The van der Waals surface area contributed by atoms with Crippen molar-refractivity contribution in [2.24, 2.45) is 0 Å². The number of carboxylic acids is 2. The summed E-state index contributed by atoms with van der Waals surface area (Å²) in [5.74, 6) is -3.71. The summed E-state index contributed by atoms with van der Waals surface area (Å²) in [7, 11) is 0. The molecule has 2 fully saturated rings. The highest BCUT2D eigenvalue weighted by molar-refractivity contribution is 6.21. The van der Waals surface area contributed by atoms with Crippen LogP contribution >= 0.6 is 0 Å². The molecule has 7 rings (SSSR count). The van der Waals surface area contributed by atoms with Gasteiger partial charge < -0.3 is 35.4 Å². The van der Waals surface area contributed by atoms with E-state index in [1.54, 1.807) is 18.2 Å². The average molecular weight is 623 g/mol. The number of hydrogen-bond donors (Lipinski definition) is 6. The van der Waals surface area contributed by atoms with E-state index < -0.39 is 47.3 Å². The molecule has 7 atom stereocenters. The number of aliphatic hydroxyl groups excluding tert-OH is 2. The van der Waals surface area contributed by atoms with Gasteiger partial charge in [0, 0.05) is 18.2 Å². The quantitative estimate of drug-likeness (QED) is 0.193. The summed E-state index contributed by atoms with van der Waals surface area (Å²) in [6.45, 7) is 7.23. The molecule has 1 saturated carbocycles. The lowest BCUT2D eigenvalue weighted by molar-refractivity contribution is -0.194. The Morgan fingerprint density at radius 3 is 2.38 bits per heavy atom. The number of rotatable bonds is 6. The van der Waals surface area contributed by atoms with E-state index in [1.807, 2.05) is 25.1 Å². The smallest absolute Gasteiger partial charge is 0.335 e. The number of carbonyl (C=O) groups is 4. The zero-order valence-electron chi connectivity index (χ0n) is 24.4. The third kappa shape index (κ3) is 4.22. The molecule has 13 nitrogen and oxygen atoms in total. The Kier molecular flexibility index (Phi) is 7.27. The first kappa shape index (κ1) is 30.7. The predicted molar refractivity (Wildman–Crippen MR) is 155 cm³/mol. The van der Waals surface area contributed by atoms with E-state index in [9.17, 15) is 29.4 Å². The highest BCUT2D eigenvalue weighted by atomic mass is 16.5. The summed E-state index contributed by atoms with van der Waals surface area (Å²) in [6, 6.07) is 8.26. The van der Waals surface area contributed by atoms with E-state index in [0.717, 1.165) is 23.2 Å². The number of piperidine rings is 1. The van der Waals surface area contributed by atoms with Crippen molar-refractivity contribution >= 4 is 23.8 Å². The van der Waals surface area contributed by atoms with Crippen LogP contribution < -0.4 is 4.74 Å². The summed E-state index contributed by atoms with van der Waals surface area (Å²) in [4.78, 5) is 50.3. The Labute approximate surface area is 257 Å². The van der Waals surface area contributed by atoms with E-state index in [2.05, 4.69) is 11.5 Å². The van der Waals surface area contributed by atoms with Gasteiger partial charge in [-0.3, -0.25) is 19.4 Å². The second-order valence-electron chi connectivity index (χ2n) is 12.3. The normalized spacial score (nSPS) is 30.3. The SMILES string of the molecule is C=CCN1CC[C@]23c4c5ccc(O)c4O[C@H]2[C@H](N2C(=O)c4ccc(C)cc4C2=O)CC[C@@]3(O)[C@H]1C5.O=C(O)C(O)C(O)C(=O)O. The lowest BCUT2D eigenvalue weighted by Gasteiger charge is -2.64. The molecule has 2 aliphatic carbocycles. The Morgan fingerprint density at radius 2 is 1.73 bits per heavy atom. The molecule has 3 aliphatic heterocycles. The molecule has 2 unspecified atom stereocenters. The van der Waals surface area contributed by atoms with Gasteiger partial charge >= 0.3 is 11.9 Å². The van der Waals surface area contributed by atoms with Gasteiger partial charge in [-0.05, 0) is 62.9 Å². The molecule has 2 amide bonds. The van der Waals surface area contributed by atoms with E-state index >= 15 is 0 Å². The number of aliphatic carboxylic acids is 2. The molecular formula is C32H34N2O11. The third-order valence-corrected chi connectivity index (χ3v) is 10.1. The molecule has 238 valence electrons. The number of imide groups is 1. The lowest BCUT2D eigenvalue weighted by atomic mass is 9.48. The molecule has 2 bridgehead atoms. The molecular weight excluding hydrogens is 588 g/mol. The molecule has 0 aromatic heterocycles. The number of likely N-dealkylation sites (tertiary alicyclic amines) is 1. The highest BCUT2D eigenvalue weighted by Gasteiger charge is 2.74. The van der Waals surface area contributed by atoms with E-state index in [1.165, 1.54) is 4.90 Å². The van der Waals surface area contributed by atoms with Crippen molar-refractivity contribution in [1.82, 2.24) is 9.80 Å². The molecule has 1 saturated heterocycles. The Hall–Kier alpha value is -4.30. The number of phenolic OH excluding ortho intramolecular Hbond substituents is 1. The minimum atomic E-state index is -2.27. The van der Waals surface area contributed by atoms with Gasteiger partial charge in [-0.2, -0.15) is 0 Å². The van der Waals surface area contributed by atoms with Crippen molar-refractivity contribution in [1.29, 1.82) is 0 Å². The molecule has 2 aromatic carbocycles. The standard InChI is InChI=1S/C28H28N2O5.C4H6O6/c1-3-11-29-12-10-27-22-16-5-7-20(31)23(22)35-24(27)19(8-9-28(27,34)21(29)14-16)30-25(32)17-6-4-15(2)13-18(17)26(30)33;5-1(3(7)8)2(6)4(9)10/h3-7,13,19,21,24,31,34H,1,8-12,14H2,2H3;1-2,5-6H,(H,7,8)(H,9,10)/t19-,21-,24+,27+,28-;/m1./s1. The van der Waals surface area contributed by atoms with Crippen LogP contribution in [-0.4, -0.2) is 113 Å². The van der Waals surface area contributed by atoms with Crippen LogP contribution in [0.1, 0.15) is 56.7 Å². The van der Waals surface area contributed by atoms with Crippen LogP contribution in [0.15, 0.2) is 43.0 Å². The van der Waals surface area contributed by atoms with Crippen LogP contribution in [0.5, 0.6) is 11.5 Å². The second-order valence-corrected chi connectivity index (χ2v) is 12.3. The number of benzene rings is 2. The molecule has 0 radical (unpaired) electrons. The van der Waals surface area contributed by atoms with Gasteiger partial charge in [-0.1, -0.05) is 23.8 Å². The maximum absolute atomic E-state index is 13.6. The molecule has 5 aliphatic rings. The Morgan fingerprint density at radius 1 is 1.07 bits per heavy atom. The number of carboxylic acid groups (broad SMARTS) is 2. The Bertz CT molecular complexity index is 1620. The highest BCUT2D eigenvalue weighted by Crippen LogP contribution is 2.66. The number of fused-ring (bicyclic) bond motifs is 1. The van der Waals surface area contributed by atoms with Crippen LogP contribution in [0.25, 0.3) is 0 Å². The van der Waals surface area contributed by atoms with Crippen LogP contribution in [0, 0.1) is 6.92 Å². The zero-order chi connectivity index (χ0) is 32.6. The van der Waals surface area contributed by atoms with Crippen LogP contribution in [-0.2, 0) is 21.4 Å². The molecule has 13 heteroatoms. The predicted octanol–water partition coefficient (Wildman–Crippen LogP) is 0.583. The van der Waals surface area contributed by atoms with E-state index in [-0.39, 0.29) is 23.6 Å². The van der Waals surface area contributed by atoms with Crippen molar-refractivity contribution in [2.45, 2.75) is 74.0 Å². The summed E-state index contributed by atoms with van der Waals surface area (Å²) in [6.07, 6.45) is -1.14. The van der Waals surface area contributed by atoms with Gasteiger partial charge in [0.25, 0.3) is 11.8 Å². The number of ether oxygens (including phenoxy) is 1. The number of aliphatic hydroxyl groups is 3. The first-order chi connectivity index (χ1) is 21.3. The minimum absolute atomic E-state index is 0.0404. The minimum Gasteiger partial charge on any atom is -0.504 e. The number of amides is 2. The zero-order valence-corrected chi connectivity index (χ0v) is 24.4. The molecule has 6 N–H and O–H groups in total. The third-order valence-electron chi connectivity index (χ3n) is 10.1. The largest absolute Gasteiger partial charge is 0.504 e. The maximum atomic E-state index is 13.6. The fourth-order valence-electron chi connectivity index (χ4n) is 8.20. The lowest BCUT2D eigenvalue weighted by Crippen LogP contribution is -2.78. The van der Waals surface area contributed by atoms with Crippen molar-refractivity contribution in [3.05, 3.63) is 70.8 Å². The molecule has 1 spiro atoms. The van der Waals surface area contributed by atoms with Gasteiger partial charge in [-0.25, -0.2) is 9.59 Å². The summed E-state index contributed by atoms with van der Waals surface area (Å²) < 4.78 is 6.52. The first-order valence-corrected chi connectivity index (χ1v) is 14.7. The topological polar surface area (TPSA) is 205 Å². The van der Waals surface area contributed by atoms with E-state index in [4.69, 9.17) is 25.2 Å². The fourth-order valence-corrected chi connectivity index (χ4v) is 8.20. The summed E-state index contributed by atoms with van der Waals surface area (Å²) >= 11 is 0. The number of hydrogen-bond acceptors (Lipinski definition) is 10. The number of aryl methyl sites for hydroxylation is 1. The summed E-state index contributed by atoms with van der Waals surface area (Å²) in [5.41, 5.74) is 1.79. The van der Waals surface area contributed by atoms with Crippen LogP contribution in [0.3, 0.4) is 0 Å². The van der Waals surface area contributed by atoms with Crippen molar-refractivity contribution in [3.63, 3.8) is 0 Å². The van der Waals surface area contributed by atoms with Gasteiger partial charge in [0.15, 0.2) is 23.7 Å². The van der Waals surface area contributed by atoms with Crippen LogP contribution in [0.4, 0.5) is 0 Å². The number of nitrogens with zero attached hydrogens (tertiary/aromatic N) is 2.